The van der Waals surface area contributed by atoms with Crippen molar-refractivity contribution in [1.82, 2.24) is 9.66 Å². The minimum atomic E-state index is -0.889. The molecular formula is C26H21Cl2N3O4. The molecule has 7 nitrogen and oxygen atoms in total. The fourth-order valence-corrected chi connectivity index (χ4v) is 3.97. The molecule has 0 bridgehead atoms. The summed E-state index contributed by atoms with van der Waals surface area (Å²) in [7, 11) is 0. The first-order valence-electron chi connectivity index (χ1n) is 10.8. The number of hydrogen-bond acceptors (Lipinski definition) is 6. The van der Waals surface area contributed by atoms with Crippen molar-refractivity contribution in [2.45, 2.75) is 20.0 Å². The molecule has 178 valence electrons. The van der Waals surface area contributed by atoms with Gasteiger partial charge in [-0.1, -0.05) is 65.7 Å². The van der Waals surface area contributed by atoms with Gasteiger partial charge in [0, 0.05) is 5.56 Å². The van der Waals surface area contributed by atoms with Crippen LogP contribution in [0, 0.1) is 0 Å². The molecule has 0 N–H and O–H groups in total. The van der Waals surface area contributed by atoms with Gasteiger partial charge in [0.25, 0.3) is 5.56 Å². The summed E-state index contributed by atoms with van der Waals surface area (Å²) in [6.07, 6.45) is 0.570. The average Bonchev–Trinajstić information content (AvgIpc) is 2.86. The van der Waals surface area contributed by atoms with Crippen molar-refractivity contribution in [2.24, 2.45) is 5.10 Å². The molecule has 4 rings (SSSR count). The van der Waals surface area contributed by atoms with E-state index in [1.807, 2.05) is 36.4 Å². The Morgan fingerprint density at radius 1 is 1.09 bits per heavy atom. The monoisotopic (exact) mass is 509 g/mol. The summed E-state index contributed by atoms with van der Waals surface area (Å²) >= 11 is 12.7. The summed E-state index contributed by atoms with van der Waals surface area (Å²) in [5, 5.41) is 5.22. The number of carbonyl (C=O) groups is 1. The second-order valence-electron chi connectivity index (χ2n) is 7.51. The third kappa shape index (κ3) is 5.37. The van der Waals surface area contributed by atoms with Crippen LogP contribution in [0.5, 0.6) is 5.75 Å². The molecule has 1 atom stereocenters. The van der Waals surface area contributed by atoms with Crippen molar-refractivity contribution in [1.29, 1.82) is 0 Å². The Balaban J connectivity index is 1.73. The van der Waals surface area contributed by atoms with E-state index in [0.717, 1.165) is 5.56 Å². The lowest BCUT2D eigenvalue weighted by Crippen LogP contribution is -2.26. The Bertz CT molecular complexity index is 1450. The van der Waals surface area contributed by atoms with Gasteiger partial charge in [0.05, 0.1) is 33.8 Å². The summed E-state index contributed by atoms with van der Waals surface area (Å²) < 4.78 is 11.8. The zero-order valence-electron chi connectivity index (χ0n) is 18.9. The van der Waals surface area contributed by atoms with E-state index >= 15 is 0 Å². The lowest BCUT2D eigenvalue weighted by Gasteiger charge is -2.16. The van der Waals surface area contributed by atoms with E-state index in [0.29, 0.717) is 22.3 Å². The van der Waals surface area contributed by atoms with Crippen molar-refractivity contribution in [3.8, 4) is 17.1 Å². The van der Waals surface area contributed by atoms with Crippen LogP contribution in [-0.2, 0) is 9.53 Å². The molecule has 4 aromatic rings. The number of aromatic nitrogens is 2. The number of benzene rings is 3. The van der Waals surface area contributed by atoms with Crippen LogP contribution in [0.2, 0.25) is 10.0 Å². The molecule has 0 saturated heterocycles. The number of nitrogens with zero attached hydrogens (tertiary/aromatic N) is 3. The minimum Gasteiger partial charge on any atom is -0.476 e. The van der Waals surface area contributed by atoms with E-state index in [2.05, 4.69) is 10.1 Å². The first kappa shape index (κ1) is 24.4. The van der Waals surface area contributed by atoms with Crippen molar-refractivity contribution in [3.63, 3.8) is 0 Å². The number of rotatable bonds is 7. The summed E-state index contributed by atoms with van der Waals surface area (Å²) in [5.74, 6) is 0.0217. The molecule has 0 aliphatic heterocycles. The number of fused-ring (bicyclic) bond motifs is 1. The molecule has 0 radical (unpaired) electrons. The highest BCUT2D eigenvalue weighted by molar-refractivity contribution is 6.37. The van der Waals surface area contributed by atoms with Gasteiger partial charge in [-0.25, -0.2) is 9.78 Å². The van der Waals surface area contributed by atoms with Crippen LogP contribution in [0.3, 0.4) is 0 Å². The van der Waals surface area contributed by atoms with E-state index < -0.39 is 12.1 Å². The zero-order chi connectivity index (χ0) is 24.9. The molecule has 1 heterocycles. The maximum absolute atomic E-state index is 13.3. The molecule has 0 fully saturated rings. The predicted octanol–water partition coefficient (Wildman–Crippen LogP) is 5.58. The number of halogens is 2. The maximum Gasteiger partial charge on any atom is 0.347 e. The normalized spacial score (nSPS) is 12.1. The van der Waals surface area contributed by atoms with E-state index in [4.69, 9.17) is 32.7 Å². The number of ether oxygens (including phenoxy) is 2. The first-order valence-corrected chi connectivity index (χ1v) is 11.6. The van der Waals surface area contributed by atoms with Crippen molar-refractivity contribution in [2.75, 3.05) is 6.61 Å². The second kappa shape index (κ2) is 10.7. The molecule has 0 aliphatic carbocycles. The number of esters is 1. The minimum absolute atomic E-state index is 0.153. The van der Waals surface area contributed by atoms with E-state index in [9.17, 15) is 9.59 Å². The summed E-state index contributed by atoms with van der Waals surface area (Å²) in [5.41, 5.74) is 1.52. The quantitative estimate of drug-likeness (QED) is 0.239. The van der Waals surface area contributed by atoms with Crippen LogP contribution in [-0.4, -0.2) is 34.6 Å². The van der Waals surface area contributed by atoms with Crippen LogP contribution in [0.1, 0.15) is 19.4 Å². The van der Waals surface area contributed by atoms with Crippen LogP contribution in [0.15, 0.2) is 76.6 Å². The van der Waals surface area contributed by atoms with Crippen molar-refractivity contribution in [3.05, 3.63) is 92.7 Å². The largest absolute Gasteiger partial charge is 0.476 e. The fraction of sp³-hybridized carbons (Fsp3) is 0.154. The van der Waals surface area contributed by atoms with Crippen LogP contribution in [0.4, 0.5) is 0 Å². The van der Waals surface area contributed by atoms with Gasteiger partial charge in [-0.15, -0.1) is 0 Å². The number of carbonyl (C=O) groups excluding carboxylic acids is 1. The summed E-state index contributed by atoms with van der Waals surface area (Å²) in [6, 6.07) is 19.6. The Hall–Kier alpha value is -3.68. The van der Waals surface area contributed by atoms with Crippen LogP contribution >= 0.6 is 23.2 Å². The molecule has 0 spiro atoms. The molecule has 9 heteroatoms. The van der Waals surface area contributed by atoms with Crippen LogP contribution in [0.25, 0.3) is 22.3 Å². The Morgan fingerprint density at radius 2 is 1.74 bits per heavy atom. The van der Waals surface area contributed by atoms with Gasteiger partial charge in [0.2, 0.25) is 0 Å². The topological polar surface area (TPSA) is 82.8 Å². The van der Waals surface area contributed by atoms with Gasteiger partial charge >= 0.3 is 5.97 Å². The molecule has 0 saturated carbocycles. The van der Waals surface area contributed by atoms with Crippen LogP contribution < -0.4 is 10.3 Å². The maximum atomic E-state index is 13.3. The van der Waals surface area contributed by atoms with E-state index in [1.165, 1.54) is 10.9 Å². The average molecular weight is 510 g/mol. The van der Waals surface area contributed by atoms with Gasteiger partial charge in [-0.05, 0) is 43.7 Å². The van der Waals surface area contributed by atoms with Crippen molar-refractivity contribution >= 4 is 46.3 Å². The first-order chi connectivity index (χ1) is 16.9. The predicted molar refractivity (Wildman–Crippen MR) is 138 cm³/mol. The zero-order valence-corrected chi connectivity index (χ0v) is 20.5. The van der Waals surface area contributed by atoms with Gasteiger partial charge in [0.15, 0.2) is 17.7 Å². The van der Waals surface area contributed by atoms with Gasteiger partial charge in [0.1, 0.15) is 0 Å². The Kier molecular flexibility index (Phi) is 7.48. The summed E-state index contributed by atoms with van der Waals surface area (Å²) in [6.45, 7) is 3.49. The highest BCUT2D eigenvalue weighted by Gasteiger charge is 2.20. The molecule has 3 aromatic carbocycles. The number of para-hydroxylation sites is 1. The Morgan fingerprint density at radius 3 is 2.43 bits per heavy atom. The second-order valence-corrected chi connectivity index (χ2v) is 8.32. The van der Waals surface area contributed by atoms with Gasteiger partial charge < -0.3 is 9.47 Å². The summed E-state index contributed by atoms with van der Waals surface area (Å²) in [4.78, 5) is 29.8. The molecular weight excluding hydrogens is 489 g/mol. The molecule has 0 unspecified atom stereocenters. The molecule has 1 aromatic heterocycles. The molecule has 35 heavy (non-hydrogen) atoms. The lowest BCUT2D eigenvalue weighted by molar-refractivity contribution is -0.150. The van der Waals surface area contributed by atoms with Gasteiger partial charge in [-0.2, -0.15) is 9.78 Å². The number of hydrogen-bond donors (Lipinski definition) is 0. The SMILES string of the molecule is CCOC(=O)[C@H](C)Oc1c(Cl)cc(C=Nn2c(-c3ccccc3)nc3ccccc3c2=O)cc1Cl. The van der Waals surface area contributed by atoms with Crippen molar-refractivity contribution < 1.29 is 14.3 Å². The highest BCUT2D eigenvalue weighted by Crippen LogP contribution is 2.34. The smallest absolute Gasteiger partial charge is 0.347 e. The standard InChI is InChI=1S/C26H21Cl2N3O4/c1-3-34-26(33)16(2)35-23-20(27)13-17(14-21(23)28)15-29-31-24(18-9-5-4-6-10-18)30-22-12-8-7-11-19(22)25(31)32/h4-16H,3H2,1-2H3/t16-/m0/s1. The Labute approximate surface area is 211 Å². The third-order valence-electron chi connectivity index (χ3n) is 5.04. The molecule has 0 amide bonds. The third-order valence-corrected chi connectivity index (χ3v) is 5.60. The van der Waals surface area contributed by atoms with Gasteiger partial charge in [-0.3, -0.25) is 4.79 Å². The van der Waals surface area contributed by atoms with E-state index in [-0.39, 0.29) is 28.0 Å². The lowest BCUT2D eigenvalue weighted by atomic mass is 10.2. The fourth-order valence-electron chi connectivity index (χ4n) is 3.38. The van der Waals surface area contributed by atoms with E-state index in [1.54, 1.807) is 44.2 Å². The molecule has 0 aliphatic rings. The highest BCUT2D eigenvalue weighted by atomic mass is 35.5.